The molecule has 2 aromatic heterocycles. The summed E-state index contributed by atoms with van der Waals surface area (Å²) in [6.45, 7) is 2.31. The number of ether oxygens (including phenoxy) is 1. The van der Waals surface area contributed by atoms with Crippen molar-refractivity contribution >= 4 is 5.95 Å². The zero-order valence-corrected chi connectivity index (χ0v) is 8.66. The van der Waals surface area contributed by atoms with E-state index in [0.717, 1.165) is 0 Å². The highest BCUT2D eigenvalue weighted by Crippen LogP contribution is 2.09. The third-order valence-electron chi connectivity index (χ3n) is 1.74. The van der Waals surface area contributed by atoms with Gasteiger partial charge in [-0.2, -0.15) is 15.0 Å². The highest BCUT2D eigenvalue weighted by molar-refractivity contribution is 5.28. The van der Waals surface area contributed by atoms with Crippen molar-refractivity contribution in [2.45, 2.75) is 6.92 Å². The fourth-order valence-electron chi connectivity index (χ4n) is 1.10. The van der Waals surface area contributed by atoms with Gasteiger partial charge in [0.05, 0.1) is 6.61 Å². The summed E-state index contributed by atoms with van der Waals surface area (Å²) >= 11 is 0. The van der Waals surface area contributed by atoms with Crippen LogP contribution in [0.4, 0.5) is 5.95 Å². The summed E-state index contributed by atoms with van der Waals surface area (Å²) in [5.74, 6) is 5.88. The predicted octanol–water partition coefficient (Wildman–Crippen LogP) is -0.258. The van der Waals surface area contributed by atoms with E-state index in [-0.39, 0.29) is 12.0 Å². The Hall–Kier alpha value is -2.22. The molecule has 0 aliphatic heterocycles. The molecular weight excluding hydrogens is 210 g/mol. The average molecular weight is 221 g/mol. The van der Waals surface area contributed by atoms with Gasteiger partial charge in [0.15, 0.2) is 0 Å². The van der Waals surface area contributed by atoms with Crippen molar-refractivity contribution in [2.24, 2.45) is 5.84 Å². The van der Waals surface area contributed by atoms with Crippen LogP contribution in [0.1, 0.15) is 6.92 Å². The Morgan fingerprint density at radius 3 is 2.94 bits per heavy atom. The monoisotopic (exact) mass is 221 g/mol. The van der Waals surface area contributed by atoms with Crippen molar-refractivity contribution in [3.05, 3.63) is 18.7 Å². The van der Waals surface area contributed by atoms with Crippen LogP contribution in [0.5, 0.6) is 6.01 Å². The van der Waals surface area contributed by atoms with Gasteiger partial charge in [-0.1, -0.05) is 0 Å². The van der Waals surface area contributed by atoms with Gasteiger partial charge in [-0.25, -0.2) is 10.8 Å². The predicted molar refractivity (Wildman–Crippen MR) is 55.9 cm³/mol. The van der Waals surface area contributed by atoms with Gasteiger partial charge in [-0.3, -0.25) is 9.99 Å². The molecular formula is C8H11N7O. The molecule has 3 N–H and O–H groups in total. The van der Waals surface area contributed by atoms with Crippen molar-refractivity contribution in [1.29, 1.82) is 0 Å². The summed E-state index contributed by atoms with van der Waals surface area (Å²) < 4.78 is 6.83. The van der Waals surface area contributed by atoms with Crippen LogP contribution in [0.2, 0.25) is 0 Å². The first-order valence-electron chi connectivity index (χ1n) is 4.67. The number of anilines is 1. The van der Waals surface area contributed by atoms with E-state index in [1.165, 1.54) is 0 Å². The maximum absolute atomic E-state index is 5.25. The van der Waals surface area contributed by atoms with E-state index in [4.69, 9.17) is 10.6 Å². The molecule has 8 nitrogen and oxygen atoms in total. The van der Waals surface area contributed by atoms with Crippen molar-refractivity contribution in [2.75, 3.05) is 12.0 Å². The van der Waals surface area contributed by atoms with Crippen molar-refractivity contribution in [1.82, 2.24) is 24.5 Å². The van der Waals surface area contributed by atoms with Crippen molar-refractivity contribution in [3.8, 4) is 12.0 Å². The van der Waals surface area contributed by atoms with Gasteiger partial charge >= 0.3 is 6.01 Å². The molecule has 2 aromatic rings. The third-order valence-corrected chi connectivity index (χ3v) is 1.74. The molecule has 0 radical (unpaired) electrons. The maximum Gasteiger partial charge on any atom is 0.323 e. The lowest BCUT2D eigenvalue weighted by molar-refractivity contribution is 0.311. The van der Waals surface area contributed by atoms with E-state index in [9.17, 15) is 0 Å². The van der Waals surface area contributed by atoms with Gasteiger partial charge in [0.25, 0.3) is 0 Å². The molecule has 0 saturated carbocycles. The molecule has 0 aliphatic rings. The van der Waals surface area contributed by atoms with Crippen molar-refractivity contribution in [3.63, 3.8) is 0 Å². The fraction of sp³-hybridized carbons (Fsp3) is 0.250. The van der Waals surface area contributed by atoms with E-state index in [1.54, 1.807) is 23.3 Å². The van der Waals surface area contributed by atoms with E-state index >= 15 is 0 Å². The first-order valence-corrected chi connectivity index (χ1v) is 4.67. The normalized spacial score (nSPS) is 10.1. The van der Waals surface area contributed by atoms with Gasteiger partial charge in [-0.05, 0) is 6.92 Å². The van der Waals surface area contributed by atoms with Crippen LogP contribution in [0.3, 0.4) is 0 Å². The Labute approximate surface area is 91.5 Å². The summed E-state index contributed by atoms with van der Waals surface area (Å²) in [6, 6.07) is 0.217. The van der Waals surface area contributed by atoms with Crippen LogP contribution in [0, 0.1) is 0 Å². The van der Waals surface area contributed by atoms with Crippen LogP contribution in [-0.2, 0) is 0 Å². The second-order valence-electron chi connectivity index (χ2n) is 2.79. The molecule has 2 heterocycles. The number of hydrazine groups is 1. The van der Waals surface area contributed by atoms with Gasteiger partial charge in [-0.15, -0.1) is 0 Å². The molecule has 0 fully saturated rings. The summed E-state index contributed by atoms with van der Waals surface area (Å²) in [5.41, 5.74) is 2.35. The lowest BCUT2D eigenvalue weighted by Gasteiger charge is -2.06. The molecule has 2 rings (SSSR count). The van der Waals surface area contributed by atoms with E-state index in [0.29, 0.717) is 12.6 Å². The lowest BCUT2D eigenvalue weighted by Crippen LogP contribution is -2.14. The average Bonchev–Trinajstić information content (AvgIpc) is 2.82. The van der Waals surface area contributed by atoms with Crippen LogP contribution >= 0.6 is 0 Å². The van der Waals surface area contributed by atoms with Crippen LogP contribution < -0.4 is 16.0 Å². The van der Waals surface area contributed by atoms with Gasteiger partial charge in [0.1, 0.15) is 6.33 Å². The Kier molecular flexibility index (Phi) is 2.92. The highest BCUT2D eigenvalue weighted by Gasteiger charge is 2.07. The number of aromatic nitrogens is 5. The fourth-order valence-corrected chi connectivity index (χ4v) is 1.10. The third kappa shape index (κ3) is 2.06. The SMILES string of the molecule is CCOc1nc(NN)nc(-n2ccnc2)n1. The number of nitrogens with zero attached hydrogens (tertiary/aromatic N) is 5. The van der Waals surface area contributed by atoms with Gasteiger partial charge in [0, 0.05) is 12.4 Å². The Morgan fingerprint density at radius 1 is 1.44 bits per heavy atom. The highest BCUT2D eigenvalue weighted by atomic mass is 16.5. The Morgan fingerprint density at radius 2 is 2.31 bits per heavy atom. The zero-order valence-electron chi connectivity index (χ0n) is 8.66. The van der Waals surface area contributed by atoms with Crippen LogP contribution in [0.25, 0.3) is 5.95 Å². The minimum Gasteiger partial charge on any atom is -0.464 e. The van der Waals surface area contributed by atoms with E-state index in [2.05, 4.69) is 25.4 Å². The smallest absolute Gasteiger partial charge is 0.323 e. The Bertz CT molecular complexity index is 455. The van der Waals surface area contributed by atoms with Gasteiger partial charge in [0.2, 0.25) is 11.9 Å². The number of nitrogen functional groups attached to an aromatic ring is 1. The van der Waals surface area contributed by atoms with E-state index in [1.807, 2.05) is 6.92 Å². The second kappa shape index (κ2) is 4.53. The molecule has 16 heavy (non-hydrogen) atoms. The molecule has 0 aromatic carbocycles. The first-order chi connectivity index (χ1) is 7.83. The summed E-state index contributed by atoms with van der Waals surface area (Å²) in [5, 5.41) is 0. The van der Waals surface area contributed by atoms with Gasteiger partial charge < -0.3 is 4.74 Å². The molecule has 0 atom stereocenters. The number of imidazole rings is 1. The van der Waals surface area contributed by atoms with E-state index < -0.39 is 0 Å². The number of hydrogen-bond donors (Lipinski definition) is 2. The number of hydrogen-bond acceptors (Lipinski definition) is 7. The van der Waals surface area contributed by atoms with Crippen LogP contribution in [-0.4, -0.2) is 31.1 Å². The van der Waals surface area contributed by atoms with Crippen molar-refractivity contribution < 1.29 is 4.74 Å². The minimum atomic E-state index is 0.217. The van der Waals surface area contributed by atoms with Crippen LogP contribution in [0.15, 0.2) is 18.7 Å². The molecule has 0 saturated heterocycles. The standard InChI is InChI=1S/C8H11N7O/c1-2-16-8-12-6(14-9)11-7(13-8)15-4-3-10-5-15/h3-5H,2,9H2,1H3,(H,11,12,13,14). The molecule has 0 aliphatic carbocycles. The number of nitrogens with two attached hydrogens (primary N) is 1. The molecule has 0 bridgehead atoms. The maximum atomic E-state index is 5.25. The summed E-state index contributed by atoms with van der Waals surface area (Å²) in [7, 11) is 0. The summed E-state index contributed by atoms with van der Waals surface area (Å²) in [6.07, 6.45) is 4.91. The second-order valence-corrected chi connectivity index (χ2v) is 2.79. The Balaban J connectivity index is 2.41. The molecule has 0 amide bonds. The number of nitrogens with one attached hydrogen (secondary N) is 1. The topological polar surface area (TPSA) is 104 Å². The largest absolute Gasteiger partial charge is 0.464 e. The first kappa shape index (κ1) is 10.3. The molecule has 84 valence electrons. The molecule has 8 heteroatoms. The minimum absolute atomic E-state index is 0.217. The quantitative estimate of drug-likeness (QED) is 0.541. The zero-order chi connectivity index (χ0) is 11.4. The lowest BCUT2D eigenvalue weighted by atomic mass is 10.8. The number of rotatable bonds is 4. The summed E-state index contributed by atoms with van der Waals surface area (Å²) in [4.78, 5) is 16.0. The molecule has 0 unspecified atom stereocenters. The molecule has 0 spiro atoms.